The van der Waals surface area contributed by atoms with Crippen molar-refractivity contribution in [3.05, 3.63) is 22.4 Å². The number of thiophene rings is 1. The summed E-state index contributed by atoms with van der Waals surface area (Å²) in [4.78, 5) is 1.28. The molecule has 13 heavy (non-hydrogen) atoms. The Morgan fingerprint density at radius 2 is 2.62 bits per heavy atom. The summed E-state index contributed by atoms with van der Waals surface area (Å²) < 4.78 is 11.1. The minimum Gasteiger partial charge on any atom is -0.375 e. The Balaban J connectivity index is 2.04. The van der Waals surface area contributed by atoms with E-state index in [1.807, 2.05) is 6.92 Å². The molecule has 0 aliphatic carbocycles. The molecule has 0 spiro atoms. The first-order chi connectivity index (χ1) is 6.42. The highest BCUT2D eigenvalue weighted by molar-refractivity contribution is 7.10. The van der Waals surface area contributed by atoms with Crippen LogP contribution >= 0.6 is 11.3 Å². The SMILES string of the molecule is CCOC(c1cccs1)C1CCO1. The van der Waals surface area contributed by atoms with Crippen LogP contribution in [0.15, 0.2) is 17.5 Å². The largest absolute Gasteiger partial charge is 0.375 e. The van der Waals surface area contributed by atoms with E-state index in [1.54, 1.807) is 11.3 Å². The Bertz CT molecular complexity index is 241. The Kier molecular flexibility index (Phi) is 2.98. The van der Waals surface area contributed by atoms with Crippen molar-refractivity contribution in [2.24, 2.45) is 0 Å². The van der Waals surface area contributed by atoms with Crippen LogP contribution in [0.1, 0.15) is 24.3 Å². The average Bonchev–Trinajstić information content (AvgIpc) is 2.51. The standard InChI is InChI=1S/C10H14O2S/c1-2-11-10(8-5-6-12-8)9-4-3-7-13-9/h3-4,7-8,10H,2,5-6H2,1H3. The van der Waals surface area contributed by atoms with E-state index >= 15 is 0 Å². The second-order valence-electron chi connectivity index (χ2n) is 3.09. The molecule has 0 N–H and O–H groups in total. The van der Waals surface area contributed by atoms with Crippen molar-refractivity contribution in [3.63, 3.8) is 0 Å². The molecule has 2 atom stereocenters. The van der Waals surface area contributed by atoms with Crippen molar-refractivity contribution in [1.29, 1.82) is 0 Å². The molecule has 2 unspecified atom stereocenters. The van der Waals surface area contributed by atoms with Crippen molar-refractivity contribution in [3.8, 4) is 0 Å². The normalized spacial score (nSPS) is 23.9. The molecule has 1 aromatic rings. The number of hydrogen-bond acceptors (Lipinski definition) is 3. The smallest absolute Gasteiger partial charge is 0.118 e. The summed E-state index contributed by atoms with van der Waals surface area (Å²) in [6, 6.07) is 4.18. The van der Waals surface area contributed by atoms with Crippen molar-refractivity contribution in [2.75, 3.05) is 13.2 Å². The topological polar surface area (TPSA) is 18.5 Å². The van der Waals surface area contributed by atoms with Crippen LogP contribution in [0.4, 0.5) is 0 Å². The lowest BCUT2D eigenvalue weighted by atomic mass is 10.1. The van der Waals surface area contributed by atoms with Crippen LogP contribution in [0.5, 0.6) is 0 Å². The van der Waals surface area contributed by atoms with Crippen molar-refractivity contribution < 1.29 is 9.47 Å². The molecule has 0 amide bonds. The molecule has 2 heterocycles. The zero-order chi connectivity index (χ0) is 9.10. The third-order valence-electron chi connectivity index (χ3n) is 2.24. The minimum absolute atomic E-state index is 0.166. The van der Waals surface area contributed by atoms with E-state index < -0.39 is 0 Å². The fourth-order valence-electron chi connectivity index (χ4n) is 1.50. The summed E-state index contributed by atoms with van der Waals surface area (Å²) in [5, 5.41) is 2.08. The Hall–Kier alpha value is -0.380. The van der Waals surface area contributed by atoms with Gasteiger partial charge in [0, 0.05) is 18.1 Å². The van der Waals surface area contributed by atoms with Crippen LogP contribution in [-0.4, -0.2) is 19.3 Å². The summed E-state index contributed by atoms with van der Waals surface area (Å²) >= 11 is 1.74. The zero-order valence-electron chi connectivity index (χ0n) is 7.73. The zero-order valence-corrected chi connectivity index (χ0v) is 8.55. The van der Waals surface area contributed by atoms with Gasteiger partial charge in [0.1, 0.15) is 6.10 Å². The van der Waals surface area contributed by atoms with Gasteiger partial charge in [0.25, 0.3) is 0 Å². The van der Waals surface area contributed by atoms with E-state index in [0.29, 0.717) is 6.10 Å². The van der Waals surface area contributed by atoms with E-state index in [0.717, 1.165) is 19.6 Å². The van der Waals surface area contributed by atoms with Gasteiger partial charge < -0.3 is 9.47 Å². The third-order valence-corrected chi connectivity index (χ3v) is 3.18. The van der Waals surface area contributed by atoms with E-state index in [2.05, 4.69) is 17.5 Å². The lowest BCUT2D eigenvalue weighted by Gasteiger charge is -2.33. The molecule has 1 saturated heterocycles. The van der Waals surface area contributed by atoms with Gasteiger partial charge in [0.15, 0.2) is 0 Å². The fraction of sp³-hybridized carbons (Fsp3) is 0.600. The van der Waals surface area contributed by atoms with Gasteiger partial charge in [-0.15, -0.1) is 11.3 Å². The van der Waals surface area contributed by atoms with Gasteiger partial charge in [-0.25, -0.2) is 0 Å². The third kappa shape index (κ3) is 1.93. The van der Waals surface area contributed by atoms with Crippen molar-refractivity contribution in [2.45, 2.75) is 25.6 Å². The molecule has 3 heteroatoms. The molecule has 2 nitrogen and oxygen atoms in total. The van der Waals surface area contributed by atoms with Gasteiger partial charge in [-0.2, -0.15) is 0 Å². The predicted octanol–water partition coefficient (Wildman–Crippen LogP) is 2.61. The average molecular weight is 198 g/mol. The van der Waals surface area contributed by atoms with E-state index in [9.17, 15) is 0 Å². The molecule has 1 fully saturated rings. The maximum Gasteiger partial charge on any atom is 0.118 e. The molecule has 0 saturated carbocycles. The summed E-state index contributed by atoms with van der Waals surface area (Å²) in [6.07, 6.45) is 1.58. The molecule has 0 bridgehead atoms. The summed E-state index contributed by atoms with van der Waals surface area (Å²) in [5.41, 5.74) is 0. The predicted molar refractivity (Wildman–Crippen MR) is 53.0 cm³/mol. The highest BCUT2D eigenvalue weighted by atomic mass is 32.1. The van der Waals surface area contributed by atoms with Crippen LogP contribution in [0.2, 0.25) is 0 Å². The Labute approximate surface area is 82.5 Å². The first-order valence-corrected chi connectivity index (χ1v) is 5.56. The van der Waals surface area contributed by atoms with Crippen LogP contribution in [0, 0.1) is 0 Å². The van der Waals surface area contributed by atoms with E-state index in [1.165, 1.54) is 4.88 Å². The van der Waals surface area contributed by atoms with Crippen LogP contribution in [-0.2, 0) is 9.47 Å². The van der Waals surface area contributed by atoms with Gasteiger partial charge in [0.05, 0.1) is 6.10 Å². The number of rotatable bonds is 4. The first kappa shape index (κ1) is 9.19. The van der Waals surface area contributed by atoms with Gasteiger partial charge >= 0.3 is 0 Å². The van der Waals surface area contributed by atoms with Crippen molar-refractivity contribution >= 4 is 11.3 Å². The Morgan fingerprint density at radius 1 is 1.77 bits per heavy atom. The summed E-state index contributed by atoms with van der Waals surface area (Å²) in [5.74, 6) is 0. The van der Waals surface area contributed by atoms with Crippen LogP contribution in [0.25, 0.3) is 0 Å². The molecule has 2 rings (SSSR count). The lowest BCUT2D eigenvalue weighted by molar-refractivity contribution is -0.137. The van der Waals surface area contributed by atoms with E-state index in [-0.39, 0.29) is 6.10 Å². The monoisotopic (exact) mass is 198 g/mol. The molecule has 1 aliphatic rings. The lowest BCUT2D eigenvalue weighted by Crippen LogP contribution is -2.34. The first-order valence-electron chi connectivity index (χ1n) is 4.68. The van der Waals surface area contributed by atoms with Gasteiger partial charge in [-0.05, 0) is 24.8 Å². The molecule has 0 aromatic carbocycles. The Morgan fingerprint density at radius 3 is 3.08 bits per heavy atom. The highest BCUT2D eigenvalue weighted by Crippen LogP contribution is 2.32. The van der Waals surface area contributed by atoms with Crippen LogP contribution < -0.4 is 0 Å². The molecule has 72 valence electrons. The fourth-order valence-corrected chi connectivity index (χ4v) is 2.32. The van der Waals surface area contributed by atoms with Gasteiger partial charge in [0.2, 0.25) is 0 Å². The maximum absolute atomic E-state index is 5.68. The summed E-state index contributed by atoms with van der Waals surface area (Å²) in [6.45, 7) is 3.67. The van der Waals surface area contributed by atoms with E-state index in [4.69, 9.17) is 9.47 Å². The molecular formula is C10H14O2S. The quantitative estimate of drug-likeness (QED) is 0.740. The molecule has 0 radical (unpaired) electrons. The molecular weight excluding hydrogens is 184 g/mol. The molecule has 1 aromatic heterocycles. The summed E-state index contributed by atoms with van der Waals surface area (Å²) in [7, 11) is 0. The minimum atomic E-state index is 0.166. The van der Waals surface area contributed by atoms with Crippen LogP contribution in [0.3, 0.4) is 0 Å². The highest BCUT2D eigenvalue weighted by Gasteiger charge is 2.30. The van der Waals surface area contributed by atoms with Gasteiger partial charge in [-0.3, -0.25) is 0 Å². The maximum atomic E-state index is 5.68. The van der Waals surface area contributed by atoms with Crippen molar-refractivity contribution in [1.82, 2.24) is 0 Å². The van der Waals surface area contributed by atoms with Gasteiger partial charge in [-0.1, -0.05) is 6.07 Å². The second kappa shape index (κ2) is 4.22. The second-order valence-corrected chi connectivity index (χ2v) is 4.07. The number of hydrogen-bond donors (Lipinski definition) is 0. The number of ether oxygens (including phenoxy) is 2. The molecule has 1 aliphatic heterocycles.